The number of nitrogens with one attached hydrogen (secondary N) is 1. The van der Waals surface area contributed by atoms with Crippen LogP contribution in [0.2, 0.25) is 0 Å². The van der Waals surface area contributed by atoms with Crippen LogP contribution in [0.15, 0.2) is 54.6 Å². The maximum Gasteiger partial charge on any atom is 0.220 e. The minimum atomic E-state index is 0.186. The van der Waals surface area contributed by atoms with E-state index in [1.165, 1.54) is 16.7 Å². The van der Waals surface area contributed by atoms with E-state index in [4.69, 9.17) is 0 Å². The van der Waals surface area contributed by atoms with Crippen molar-refractivity contribution in [2.75, 3.05) is 13.1 Å². The number of likely N-dealkylation sites (tertiary alicyclic amines) is 1. The minimum absolute atomic E-state index is 0.186. The quantitative estimate of drug-likeness (QED) is 0.820. The zero-order chi connectivity index (χ0) is 18.2. The van der Waals surface area contributed by atoms with Crippen LogP contribution < -0.4 is 5.32 Å². The molecule has 26 heavy (non-hydrogen) atoms. The Bertz CT molecular complexity index is 673. The first-order valence-corrected chi connectivity index (χ1v) is 9.86. The second-order valence-corrected chi connectivity index (χ2v) is 7.27. The van der Waals surface area contributed by atoms with Crippen LogP contribution in [0.5, 0.6) is 0 Å². The number of nitrogens with zero attached hydrogens (tertiary/aromatic N) is 1. The summed E-state index contributed by atoms with van der Waals surface area (Å²) in [6, 6.07) is 19.6. The van der Waals surface area contributed by atoms with Gasteiger partial charge in [-0.1, -0.05) is 61.5 Å². The van der Waals surface area contributed by atoms with Crippen LogP contribution in [-0.4, -0.2) is 29.9 Å². The van der Waals surface area contributed by atoms with Crippen molar-refractivity contribution in [1.29, 1.82) is 0 Å². The Morgan fingerprint density at radius 3 is 2.27 bits per heavy atom. The van der Waals surface area contributed by atoms with Crippen molar-refractivity contribution in [2.24, 2.45) is 0 Å². The topological polar surface area (TPSA) is 32.3 Å². The Morgan fingerprint density at radius 1 is 0.962 bits per heavy atom. The third-order valence-corrected chi connectivity index (χ3v) is 5.27. The lowest BCUT2D eigenvalue weighted by Gasteiger charge is -2.32. The Hall–Kier alpha value is -2.13. The summed E-state index contributed by atoms with van der Waals surface area (Å²) in [6.07, 6.45) is 4.55. The van der Waals surface area contributed by atoms with Crippen LogP contribution in [0.25, 0.3) is 0 Å². The molecule has 0 aliphatic carbocycles. The molecule has 0 radical (unpaired) electrons. The zero-order valence-electron chi connectivity index (χ0n) is 15.8. The Kier molecular flexibility index (Phi) is 6.84. The van der Waals surface area contributed by atoms with Gasteiger partial charge in [0.2, 0.25) is 5.91 Å². The number of amides is 1. The van der Waals surface area contributed by atoms with E-state index in [0.717, 1.165) is 45.3 Å². The van der Waals surface area contributed by atoms with Crippen molar-refractivity contribution in [2.45, 2.75) is 51.6 Å². The van der Waals surface area contributed by atoms with E-state index in [-0.39, 0.29) is 5.91 Å². The van der Waals surface area contributed by atoms with Gasteiger partial charge in [-0.05, 0) is 42.4 Å². The molecular weight excluding hydrogens is 320 g/mol. The molecule has 3 rings (SSSR count). The highest BCUT2D eigenvalue weighted by Crippen LogP contribution is 2.14. The normalized spacial score (nSPS) is 15.7. The average Bonchev–Trinajstić information content (AvgIpc) is 2.69. The molecule has 1 amide bonds. The van der Waals surface area contributed by atoms with Crippen molar-refractivity contribution in [3.05, 3.63) is 71.3 Å². The lowest BCUT2D eigenvalue weighted by molar-refractivity contribution is -0.122. The molecule has 1 aliphatic heterocycles. The van der Waals surface area contributed by atoms with E-state index >= 15 is 0 Å². The predicted molar refractivity (Wildman–Crippen MR) is 107 cm³/mol. The predicted octanol–water partition coefficient (Wildman–Crippen LogP) is 3.96. The summed E-state index contributed by atoms with van der Waals surface area (Å²) < 4.78 is 0. The van der Waals surface area contributed by atoms with Crippen LogP contribution in [0.3, 0.4) is 0 Å². The molecule has 1 N–H and O–H groups in total. The molecule has 0 atom stereocenters. The van der Waals surface area contributed by atoms with Gasteiger partial charge in [0, 0.05) is 32.1 Å². The van der Waals surface area contributed by atoms with E-state index in [9.17, 15) is 4.79 Å². The van der Waals surface area contributed by atoms with Crippen molar-refractivity contribution < 1.29 is 4.79 Å². The summed E-state index contributed by atoms with van der Waals surface area (Å²) in [5.74, 6) is 0.186. The summed E-state index contributed by atoms with van der Waals surface area (Å²) in [4.78, 5) is 14.7. The number of aryl methyl sites for hydroxylation is 2. The Balaban J connectivity index is 1.36. The molecule has 1 aliphatic rings. The molecule has 1 heterocycles. The van der Waals surface area contributed by atoms with Crippen molar-refractivity contribution in [1.82, 2.24) is 10.2 Å². The van der Waals surface area contributed by atoms with Crippen molar-refractivity contribution in [3.63, 3.8) is 0 Å². The number of rotatable bonds is 7. The summed E-state index contributed by atoms with van der Waals surface area (Å²) in [7, 11) is 0. The summed E-state index contributed by atoms with van der Waals surface area (Å²) >= 11 is 0. The molecule has 0 saturated carbocycles. The van der Waals surface area contributed by atoms with Gasteiger partial charge in [-0.2, -0.15) is 0 Å². The molecule has 0 unspecified atom stereocenters. The Labute approximate surface area is 157 Å². The standard InChI is InChI=1S/C23H30N2O/c1-2-19-8-10-20(11-9-19)12-13-23(26)24-22-14-16-25(17-15-22)18-21-6-4-3-5-7-21/h3-11,22H,2,12-18H2,1H3,(H,24,26). The molecule has 138 valence electrons. The van der Waals surface area contributed by atoms with E-state index in [1.807, 2.05) is 0 Å². The number of hydrogen-bond donors (Lipinski definition) is 1. The highest BCUT2D eigenvalue weighted by molar-refractivity contribution is 5.76. The van der Waals surface area contributed by atoms with Gasteiger partial charge in [-0.15, -0.1) is 0 Å². The van der Waals surface area contributed by atoms with Gasteiger partial charge in [0.1, 0.15) is 0 Å². The summed E-state index contributed by atoms with van der Waals surface area (Å²) in [5, 5.41) is 3.23. The van der Waals surface area contributed by atoms with E-state index < -0.39 is 0 Å². The van der Waals surface area contributed by atoms with Gasteiger partial charge >= 0.3 is 0 Å². The fraction of sp³-hybridized carbons (Fsp3) is 0.435. The average molecular weight is 351 g/mol. The van der Waals surface area contributed by atoms with E-state index in [2.05, 4.69) is 71.7 Å². The van der Waals surface area contributed by atoms with E-state index in [0.29, 0.717) is 12.5 Å². The molecule has 2 aromatic carbocycles. The molecule has 2 aromatic rings. The molecule has 1 fully saturated rings. The number of piperidine rings is 1. The third kappa shape index (κ3) is 5.70. The highest BCUT2D eigenvalue weighted by atomic mass is 16.1. The molecular formula is C23H30N2O. The molecule has 0 bridgehead atoms. The SMILES string of the molecule is CCc1ccc(CCC(=O)NC2CCN(Cc3ccccc3)CC2)cc1. The van der Waals surface area contributed by atoms with Crippen LogP contribution in [0.1, 0.15) is 42.9 Å². The fourth-order valence-corrected chi connectivity index (χ4v) is 3.58. The molecule has 3 nitrogen and oxygen atoms in total. The monoisotopic (exact) mass is 350 g/mol. The molecule has 0 spiro atoms. The molecule has 0 aromatic heterocycles. The summed E-state index contributed by atoms with van der Waals surface area (Å²) in [5.41, 5.74) is 3.96. The highest BCUT2D eigenvalue weighted by Gasteiger charge is 2.20. The van der Waals surface area contributed by atoms with Gasteiger partial charge in [-0.3, -0.25) is 9.69 Å². The first kappa shape index (κ1) is 18.7. The van der Waals surface area contributed by atoms with Crippen LogP contribution in [-0.2, 0) is 24.2 Å². The van der Waals surface area contributed by atoms with Gasteiger partial charge in [0.25, 0.3) is 0 Å². The molecule has 3 heteroatoms. The zero-order valence-corrected chi connectivity index (χ0v) is 15.8. The van der Waals surface area contributed by atoms with Crippen molar-refractivity contribution >= 4 is 5.91 Å². The van der Waals surface area contributed by atoms with Gasteiger partial charge in [0.05, 0.1) is 0 Å². The largest absolute Gasteiger partial charge is 0.353 e. The maximum atomic E-state index is 12.3. The fourth-order valence-electron chi connectivity index (χ4n) is 3.58. The third-order valence-electron chi connectivity index (χ3n) is 5.27. The number of carbonyl (C=O) groups excluding carboxylic acids is 1. The first-order valence-electron chi connectivity index (χ1n) is 9.86. The Morgan fingerprint density at radius 2 is 1.62 bits per heavy atom. The van der Waals surface area contributed by atoms with Crippen molar-refractivity contribution in [3.8, 4) is 0 Å². The number of benzene rings is 2. The van der Waals surface area contributed by atoms with Crippen LogP contribution in [0, 0.1) is 0 Å². The number of carbonyl (C=O) groups is 1. The number of hydrogen-bond acceptors (Lipinski definition) is 2. The van der Waals surface area contributed by atoms with Gasteiger partial charge < -0.3 is 5.32 Å². The van der Waals surface area contributed by atoms with E-state index in [1.54, 1.807) is 0 Å². The maximum absolute atomic E-state index is 12.3. The molecule has 1 saturated heterocycles. The lowest BCUT2D eigenvalue weighted by atomic mass is 10.0. The lowest BCUT2D eigenvalue weighted by Crippen LogP contribution is -2.44. The van der Waals surface area contributed by atoms with Crippen LogP contribution in [0.4, 0.5) is 0 Å². The van der Waals surface area contributed by atoms with Gasteiger partial charge in [-0.25, -0.2) is 0 Å². The second-order valence-electron chi connectivity index (χ2n) is 7.27. The minimum Gasteiger partial charge on any atom is -0.353 e. The summed E-state index contributed by atoms with van der Waals surface area (Å²) in [6.45, 7) is 5.28. The first-order chi connectivity index (χ1) is 12.7. The second kappa shape index (κ2) is 9.54. The van der Waals surface area contributed by atoms with Gasteiger partial charge in [0.15, 0.2) is 0 Å². The van der Waals surface area contributed by atoms with Crippen LogP contribution >= 0.6 is 0 Å². The smallest absolute Gasteiger partial charge is 0.220 e.